The number of rotatable bonds is 8. The van der Waals surface area contributed by atoms with E-state index in [1.54, 1.807) is 24.3 Å². The fourth-order valence-electron chi connectivity index (χ4n) is 3.46. The predicted molar refractivity (Wildman–Crippen MR) is 109 cm³/mol. The Labute approximate surface area is 166 Å². The average Bonchev–Trinajstić information content (AvgIpc) is 2.66. The average molecular weight is 407 g/mol. The van der Waals surface area contributed by atoms with Crippen LogP contribution in [0.15, 0.2) is 41.3 Å². The van der Waals surface area contributed by atoms with Gasteiger partial charge in [-0.15, -0.1) is 0 Å². The summed E-state index contributed by atoms with van der Waals surface area (Å²) in [4.78, 5) is 2.07. The molecule has 0 atom stereocenters. The highest BCUT2D eigenvalue weighted by molar-refractivity contribution is 7.89. The monoisotopic (exact) mass is 406 g/mol. The topological polar surface area (TPSA) is 72.6 Å². The molecule has 152 valence electrons. The summed E-state index contributed by atoms with van der Waals surface area (Å²) < 4.78 is 43.3. The molecule has 0 saturated carbocycles. The Balaban J connectivity index is 1.66. The molecule has 0 radical (unpaired) electrons. The lowest BCUT2D eigenvalue weighted by Crippen LogP contribution is -2.31. The van der Waals surface area contributed by atoms with Gasteiger partial charge in [-0.2, -0.15) is 0 Å². The van der Waals surface area contributed by atoms with Crippen molar-refractivity contribution in [3.63, 3.8) is 0 Å². The van der Waals surface area contributed by atoms with Gasteiger partial charge in [-0.1, -0.05) is 32.3 Å². The van der Waals surface area contributed by atoms with Crippen molar-refractivity contribution in [1.29, 1.82) is 0 Å². The van der Waals surface area contributed by atoms with Crippen LogP contribution < -0.4 is 14.8 Å². The Morgan fingerprint density at radius 1 is 1.11 bits per heavy atom. The smallest absolute Gasteiger partial charge is 0.238 e. The molecule has 28 heavy (non-hydrogen) atoms. The standard InChI is InChI=1S/C21H27FN2O3S/c1-2-3-4-5-12-27-18-7-9-21(20(22)14-18)24-11-10-16-13-19(28(23,25)26)8-6-17(16)15-24/h6-9,13-14H,2-5,10-12,15H2,1H3,(H2,23,25,26). The van der Waals surface area contributed by atoms with Gasteiger partial charge in [-0.05, 0) is 48.2 Å². The zero-order valence-corrected chi connectivity index (χ0v) is 17.0. The molecule has 3 rings (SSSR count). The van der Waals surface area contributed by atoms with Gasteiger partial charge in [0.25, 0.3) is 0 Å². The van der Waals surface area contributed by atoms with Crippen LogP contribution in [0.4, 0.5) is 10.1 Å². The number of ether oxygens (including phenoxy) is 1. The zero-order chi connectivity index (χ0) is 20.1. The number of hydrogen-bond donors (Lipinski definition) is 1. The van der Waals surface area contributed by atoms with Gasteiger partial charge < -0.3 is 9.64 Å². The number of unbranched alkanes of at least 4 members (excludes halogenated alkanes) is 3. The Kier molecular flexibility index (Phi) is 6.57. The molecule has 0 spiro atoms. The van der Waals surface area contributed by atoms with Crippen molar-refractivity contribution in [3.05, 3.63) is 53.3 Å². The van der Waals surface area contributed by atoms with E-state index in [0.717, 1.165) is 24.0 Å². The Hall–Kier alpha value is -2.12. The van der Waals surface area contributed by atoms with Crippen LogP contribution in [0.1, 0.15) is 43.7 Å². The van der Waals surface area contributed by atoms with Gasteiger partial charge in [0.05, 0.1) is 17.2 Å². The minimum atomic E-state index is -3.71. The number of anilines is 1. The van der Waals surface area contributed by atoms with Crippen molar-refractivity contribution in [2.45, 2.75) is 50.5 Å². The second kappa shape index (κ2) is 8.92. The summed E-state index contributed by atoms with van der Waals surface area (Å²) >= 11 is 0. The normalized spacial score (nSPS) is 14.0. The first-order valence-corrected chi connectivity index (χ1v) is 11.2. The molecule has 2 N–H and O–H groups in total. The Morgan fingerprint density at radius 2 is 1.93 bits per heavy atom. The summed E-state index contributed by atoms with van der Waals surface area (Å²) in [5.41, 5.74) is 2.45. The van der Waals surface area contributed by atoms with E-state index in [4.69, 9.17) is 9.88 Å². The maximum absolute atomic E-state index is 14.6. The van der Waals surface area contributed by atoms with E-state index in [1.807, 2.05) is 4.90 Å². The fourth-order valence-corrected chi connectivity index (χ4v) is 4.03. The van der Waals surface area contributed by atoms with Gasteiger partial charge >= 0.3 is 0 Å². The molecule has 1 aliphatic rings. The number of sulfonamides is 1. The predicted octanol–water partition coefficient (Wildman–Crippen LogP) is 3.99. The van der Waals surface area contributed by atoms with E-state index in [9.17, 15) is 12.8 Å². The van der Waals surface area contributed by atoms with Crippen LogP contribution >= 0.6 is 0 Å². The van der Waals surface area contributed by atoms with Gasteiger partial charge in [0, 0.05) is 19.2 Å². The molecule has 0 unspecified atom stereocenters. The van der Waals surface area contributed by atoms with Gasteiger partial charge in [0.15, 0.2) is 0 Å². The minimum Gasteiger partial charge on any atom is -0.493 e. The highest BCUT2D eigenvalue weighted by Crippen LogP contribution is 2.30. The van der Waals surface area contributed by atoms with Gasteiger partial charge in [-0.25, -0.2) is 17.9 Å². The van der Waals surface area contributed by atoms with Crippen LogP contribution in [-0.2, 0) is 23.0 Å². The van der Waals surface area contributed by atoms with Crippen LogP contribution in [0, 0.1) is 5.82 Å². The van der Waals surface area contributed by atoms with E-state index < -0.39 is 10.0 Å². The Bertz CT molecular complexity index is 931. The lowest BCUT2D eigenvalue weighted by Gasteiger charge is -2.31. The number of fused-ring (bicyclic) bond motifs is 1. The van der Waals surface area contributed by atoms with Crippen molar-refractivity contribution >= 4 is 15.7 Å². The molecular weight excluding hydrogens is 379 g/mol. The van der Waals surface area contributed by atoms with Crippen LogP contribution in [0.3, 0.4) is 0 Å². The van der Waals surface area contributed by atoms with Gasteiger partial charge in [0.2, 0.25) is 10.0 Å². The molecule has 0 aliphatic carbocycles. The molecule has 0 aromatic heterocycles. The number of benzene rings is 2. The lowest BCUT2D eigenvalue weighted by molar-refractivity contribution is 0.303. The molecule has 1 aliphatic heterocycles. The van der Waals surface area contributed by atoms with Crippen LogP contribution in [0.25, 0.3) is 0 Å². The first-order valence-electron chi connectivity index (χ1n) is 9.70. The second-order valence-electron chi connectivity index (χ2n) is 7.17. The number of nitrogens with two attached hydrogens (primary N) is 1. The van der Waals surface area contributed by atoms with Gasteiger partial charge in [-0.3, -0.25) is 0 Å². The van der Waals surface area contributed by atoms with Crippen molar-refractivity contribution < 1.29 is 17.5 Å². The van der Waals surface area contributed by atoms with Crippen molar-refractivity contribution in [3.8, 4) is 5.75 Å². The summed E-state index contributed by atoms with van der Waals surface area (Å²) in [5.74, 6) is 0.239. The molecule has 1 heterocycles. The lowest BCUT2D eigenvalue weighted by atomic mass is 9.99. The second-order valence-corrected chi connectivity index (χ2v) is 8.73. The SMILES string of the molecule is CCCCCCOc1ccc(N2CCc3cc(S(N)(=O)=O)ccc3C2)c(F)c1. The Morgan fingerprint density at radius 3 is 2.64 bits per heavy atom. The van der Waals surface area contributed by atoms with E-state index in [0.29, 0.717) is 37.6 Å². The first-order chi connectivity index (χ1) is 13.4. The molecule has 0 saturated heterocycles. The molecule has 0 fully saturated rings. The molecule has 2 aromatic carbocycles. The summed E-state index contributed by atoms with van der Waals surface area (Å²) in [6, 6.07) is 9.87. The van der Waals surface area contributed by atoms with Crippen molar-refractivity contribution in [1.82, 2.24) is 0 Å². The van der Waals surface area contributed by atoms with Crippen LogP contribution in [0.2, 0.25) is 0 Å². The van der Waals surface area contributed by atoms with Gasteiger partial charge in [0.1, 0.15) is 11.6 Å². The third kappa shape index (κ3) is 5.02. The van der Waals surface area contributed by atoms with Crippen LogP contribution in [0.5, 0.6) is 5.75 Å². The van der Waals surface area contributed by atoms with E-state index >= 15 is 0 Å². The summed E-state index contributed by atoms with van der Waals surface area (Å²) in [7, 11) is -3.71. The molecule has 0 amide bonds. The number of primary sulfonamides is 1. The molecule has 7 heteroatoms. The largest absolute Gasteiger partial charge is 0.493 e. The summed E-state index contributed by atoms with van der Waals surface area (Å²) in [5, 5.41) is 5.20. The number of halogens is 1. The molecular formula is C21H27FN2O3S. The summed E-state index contributed by atoms with van der Waals surface area (Å²) in [6.45, 7) is 3.89. The fraction of sp³-hybridized carbons (Fsp3) is 0.429. The van der Waals surface area contributed by atoms with E-state index in [2.05, 4.69) is 6.92 Å². The maximum atomic E-state index is 14.6. The molecule has 2 aromatic rings. The highest BCUT2D eigenvalue weighted by Gasteiger charge is 2.21. The highest BCUT2D eigenvalue weighted by atomic mass is 32.2. The molecule has 0 bridgehead atoms. The van der Waals surface area contributed by atoms with Crippen molar-refractivity contribution in [2.75, 3.05) is 18.1 Å². The van der Waals surface area contributed by atoms with E-state index in [-0.39, 0.29) is 10.7 Å². The third-order valence-electron chi connectivity index (χ3n) is 5.04. The first kappa shape index (κ1) is 20.6. The zero-order valence-electron chi connectivity index (χ0n) is 16.2. The summed E-state index contributed by atoms with van der Waals surface area (Å²) in [6.07, 6.45) is 5.09. The number of nitrogens with zero attached hydrogens (tertiary/aromatic N) is 1. The van der Waals surface area contributed by atoms with E-state index in [1.165, 1.54) is 25.0 Å². The quantitative estimate of drug-likeness (QED) is 0.673. The van der Waals surface area contributed by atoms with Crippen molar-refractivity contribution in [2.24, 2.45) is 5.14 Å². The molecule has 5 nitrogen and oxygen atoms in total. The van der Waals surface area contributed by atoms with Crippen LogP contribution in [-0.4, -0.2) is 21.6 Å². The number of hydrogen-bond acceptors (Lipinski definition) is 4. The minimum absolute atomic E-state index is 0.117. The third-order valence-corrected chi connectivity index (χ3v) is 5.96. The maximum Gasteiger partial charge on any atom is 0.238 e.